The van der Waals surface area contributed by atoms with Crippen LogP contribution in [-0.4, -0.2) is 24.1 Å². The first-order chi connectivity index (χ1) is 34.7. The lowest BCUT2D eigenvalue weighted by Gasteiger charge is -2.16. The average Bonchev–Trinajstić information content (AvgIpc) is 3.95. The summed E-state index contributed by atoms with van der Waals surface area (Å²) in [4.78, 5) is 15.5. The van der Waals surface area contributed by atoms with Crippen molar-refractivity contribution in [2.45, 2.75) is 0 Å². The molecule has 0 atom stereocenters. The third kappa shape index (κ3) is 5.82. The monoisotopic (exact) mass is 889 g/mol. The molecule has 12 aromatic carbocycles. The highest BCUT2D eigenvalue weighted by Gasteiger charge is 2.24. The summed E-state index contributed by atoms with van der Waals surface area (Å²) in [7, 11) is 0. The number of benzene rings is 12. The lowest BCUT2D eigenvalue weighted by molar-refractivity contribution is 1.07. The molecule has 0 N–H and O–H groups in total. The Labute approximate surface area is 401 Å². The van der Waals surface area contributed by atoms with E-state index < -0.39 is 0 Å². The number of hydrogen-bond donors (Lipinski definition) is 0. The van der Waals surface area contributed by atoms with Crippen LogP contribution in [0.25, 0.3) is 143 Å². The van der Waals surface area contributed by atoms with E-state index in [4.69, 9.17) is 15.0 Å². The van der Waals surface area contributed by atoms with Crippen molar-refractivity contribution in [1.82, 2.24) is 24.1 Å². The summed E-state index contributed by atoms with van der Waals surface area (Å²) >= 11 is 0. The Kier molecular flexibility index (Phi) is 8.29. The van der Waals surface area contributed by atoms with Gasteiger partial charge in [0.1, 0.15) is 0 Å². The van der Waals surface area contributed by atoms with Crippen molar-refractivity contribution in [1.29, 1.82) is 0 Å². The van der Waals surface area contributed by atoms with E-state index >= 15 is 0 Å². The molecule has 5 heteroatoms. The fraction of sp³-hybridized carbons (Fsp3) is 0. The van der Waals surface area contributed by atoms with Gasteiger partial charge < -0.3 is 9.13 Å². The Morgan fingerprint density at radius 1 is 0.257 bits per heavy atom. The predicted octanol–water partition coefficient (Wildman–Crippen LogP) is 16.8. The molecule has 324 valence electrons. The van der Waals surface area contributed by atoms with E-state index in [9.17, 15) is 0 Å². The quantitative estimate of drug-likeness (QED) is 0.162. The molecular weight excluding hydrogens is 851 g/mol. The van der Waals surface area contributed by atoms with Crippen LogP contribution < -0.4 is 0 Å². The van der Waals surface area contributed by atoms with E-state index in [1.807, 2.05) is 18.2 Å². The molecule has 0 radical (unpaired) electrons. The van der Waals surface area contributed by atoms with Crippen molar-refractivity contribution in [3.05, 3.63) is 237 Å². The van der Waals surface area contributed by atoms with Crippen molar-refractivity contribution in [2.75, 3.05) is 0 Å². The fourth-order valence-electron chi connectivity index (χ4n) is 11.2. The fourth-order valence-corrected chi connectivity index (χ4v) is 11.2. The third-order valence-electron chi connectivity index (χ3n) is 14.5. The van der Waals surface area contributed by atoms with Gasteiger partial charge in [0.2, 0.25) is 0 Å². The molecule has 0 saturated heterocycles. The first kappa shape index (κ1) is 38.6. The van der Waals surface area contributed by atoms with Crippen molar-refractivity contribution in [3.63, 3.8) is 0 Å². The van der Waals surface area contributed by atoms with Crippen LogP contribution in [0.2, 0.25) is 0 Å². The van der Waals surface area contributed by atoms with Gasteiger partial charge in [0.25, 0.3) is 0 Å². The van der Waals surface area contributed by atoms with Crippen LogP contribution in [0.5, 0.6) is 0 Å². The minimum Gasteiger partial charge on any atom is -0.309 e. The number of fused-ring (bicyclic) bond motifs is 13. The molecule has 3 heterocycles. The van der Waals surface area contributed by atoms with Crippen LogP contribution in [0.1, 0.15) is 0 Å². The molecule has 0 fully saturated rings. The van der Waals surface area contributed by atoms with Crippen LogP contribution >= 0.6 is 0 Å². The average molecular weight is 890 g/mol. The standard InChI is InChI=1S/C65H39N5/c1-2-16-44(17-3-1)63-66-64(68-65(67-63)47-31-29-43-28-27-41-14-4-7-19-50(41)56(43)38-47)46-30-26-40-32-34-49(37-48(40)36-46)69-58-25-13-11-23-55(58)60-59(69)39-45-18-6-9-21-52(45)62(60)70-57-24-12-10-22-53(57)54-35-33-42-15-5-8-20-51(42)61(54)70/h1-39H. The maximum absolute atomic E-state index is 5.24. The SMILES string of the molecule is c1ccc(-c2nc(-c3ccc4ccc(-n5c6ccccc6c6c(-n7c8ccccc8c8ccc9ccccc9c87)c7ccccc7cc65)cc4c3)nc(-c3ccc4ccc5ccccc5c4c3)n2)cc1. The lowest BCUT2D eigenvalue weighted by atomic mass is 10.00. The second kappa shape index (κ2) is 15.0. The molecule has 0 aliphatic carbocycles. The van der Waals surface area contributed by atoms with Gasteiger partial charge in [0.05, 0.1) is 27.8 Å². The number of aromatic nitrogens is 5. The molecular formula is C65H39N5. The van der Waals surface area contributed by atoms with Gasteiger partial charge in [-0.1, -0.05) is 194 Å². The largest absolute Gasteiger partial charge is 0.309 e. The van der Waals surface area contributed by atoms with Gasteiger partial charge in [0.15, 0.2) is 17.5 Å². The maximum atomic E-state index is 5.24. The molecule has 0 spiro atoms. The van der Waals surface area contributed by atoms with Crippen molar-refractivity contribution in [2.24, 2.45) is 0 Å². The van der Waals surface area contributed by atoms with Gasteiger partial charge in [-0.3, -0.25) is 0 Å². The van der Waals surface area contributed by atoms with Gasteiger partial charge in [-0.25, -0.2) is 15.0 Å². The van der Waals surface area contributed by atoms with Gasteiger partial charge in [-0.2, -0.15) is 0 Å². The second-order valence-corrected chi connectivity index (χ2v) is 18.4. The Hall–Kier alpha value is -9.45. The zero-order chi connectivity index (χ0) is 45.9. The zero-order valence-corrected chi connectivity index (χ0v) is 37.8. The lowest BCUT2D eigenvalue weighted by Crippen LogP contribution is -2.00. The van der Waals surface area contributed by atoms with E-state index in [-0.39, 0.29) is 0 Å². The summed E-state index contributed by atoms with van der Waals surface area (Å²) < 4.78 is 5.00. The van der Waals surface area contributed by atoms with E-state index in [1.54, 1.807) is 0 Å². The van der Waals surface area contributed by atoms with E-state index in [1.165, 1.54) is 81.4 Å². The molecule has 15 aromatic rings. The van der Waals surface area contributed by atoms with E-state index in [2.05, 4.69) is 228 Å². The number of para-hydroxylation sites is 2. The van der Waals surface area contributed by atoms with E-state index in [0.717, 1.165) is 44.2 Å². The normalized spacial score (nSPS) is 12.0. The molecule has 0 unspecified atom stereocenters. The molecule has 3 aromatic heterocycles. The highest BCUT2D eigenvalue weighted by atomic mass is 15.0. The van der Waals surface area contributed by atoms with Gasteiger partial charge in [-0.15, -0.1) is 0 Å². The molecule has 5 nitrogen and oxygen atoms in total. The van der Waals surface area contributed by atoms with Crippen molar-refractivity contribution >= 4 is 97.5 Å². The minimum atomic E-state index is 0.626. The third-order valence-corrected chi connectivity index (χ3v) is 14.5. The summed E-state index contributed by atoms with van der Waals surface area (Å²) in [6, 6.07) is 85.4. The summed E-state index contributed by atoms with van der Waals surface area (Å²) in [5.74, 6) is 1.90. The van der Waals surface area contributed by atoms with Gasteiger partial charge in [-0.05, 0) is 85.6 Å². The molecule has 0 aliphatic heterocycles. The number of rotatable bonds is 5. The van der Waals surface area contributed by atoms with Gasteiger partial charge >= 0.3 is 0 Å². The molecule has 15 rings (SSSR count). The Balaban J connectivity index is 0.953. The van der Waals surface area contributed by atoms with Gasteiger partial charge in [0, 0.05) is 54.7 Å². The number of hydrogen-bond acceptors (Lipinski definition) is 3. The predicted molar refractivity (Wildman–Crippen MR) is 292 cm³/mol. The first-order valence-corrected chi connectivity index (χ1v) is 23.8. The zero-order valence-electron chi connectivity index (χ0n) is 37.8. The second-order valence-electron chi connectivity index (χ2n) is 18.4. The Morgan fingerprint density at radius 3 is 1.56 bits per heavy atom. The maximum Gasteiger partial charge on any atom is 0.164 e. The molecule has 70 heavy (non-hydrogen) atoms. The van der Waals surface area contributed by atoms with E-state index in [0.29, 0.717) is 17.5 Å². The van der Waals surface area contributed by atoms with Crippen LogP contribution in [-0.2, 0) is 0 Å². The smallest absolute Gasteiger partial charge is 0.164 e. The summed E-state index contributed by atoms with van der Waals surface area (Å²) in [5, 5.41) is 16.7. The van der Waals surface area contributed by atoms with Crippen molar-refractivity contribution < 1.29 is 0 Å². The van der Waals surface area contributed by atoms with Crippen molar-refractivity contribution in [3.8, 4) is 45.5 Å². The van der Waals surface area contributed by atoms with Crippen LogP contribution in [0.4, 0.5) is 0 Å². The van der Waals surface area contributed by atoms with Crippen LogP contribution in [0.15, 0.2) is 237 Å². The Morgan fingerprint density at radius 2 is 0.786 bits per heavy atom. The molecule has 0 amide bonds. The summed E-state index contributed by atoms with van der Waals surface area (Å²) in [6.07, 6.45) is 0. The highest BCUT2D eigenvalue weighted by molar-refractivity contribution is 6.25. The Bertz CT molecular complexity index is 4660. The minimum absolute atomic E-state index is 0.626. The summed E-state index contributed by atoms with van der Waals surface area (Å²) in [6.45, 7) is 0. The molecule has 0 saturated carbocycles. The first-order valence-electron chi connectivity index (χ1n) is 23.8. The number of nitrogens with zero attached hydrogens (tertiary/aromatic N) is 5. The molecule has 0 bridgehead atoms. The van der Waals surface area contributed by atoms with Crippen LogP contribution in [0, 0.1) is 0 Å². The summed E-state index contributed by atoms with van der Waals surface area (Å²) in [5.41, 5.74) is 9.77. The highest BCUT2D eigenvalue weighted by Crippen LogP contribution is 2.45. The topological polar surface area (TPSA) is 48.5 Å². The molecule has 0 aliphatic rings. The van der Waals surface area contributed by atoms with Crippen LogP contribution in [0.3, 0.4) is 0 Å².